The molecule has 2 saturated heterocycles. The molecule has 0 aliphatic carbocycles. The lowest BCUT2D eigenvalue weighted by Gasteiger charge is -2.24. The summed E-state index contributed by atoms with van der Waals surface area (Å²) >= 11 is 0. The Morgan fingerprint density at radius 3 is 2.44 bits per heavy atom. The molecule has 2 fully saturated rings. The average molecular weight is 375 g/mol. The maximum absolute atomic E-state index is 12.4. The number of nitrogens with zero attached hydrogens (tertiary/aromatic N) is 4. The van der Waals surface area contributed by atoms with Crippen molar-refractivity contribution in [2.24, 2.45) is 5.73 Å². The van der Waals surface area contributed by atoms with Crippen molar-refractivity contribution in [2.45, 2.75) is 19.3 Å². The van der Waals surface area contributed by atoms with Crippen LogP contribution in [0, 0.1) is 10.1 Å². The molecule has 0 saturated carbocycles. The van der Waals surface area contributed by atoms with Crippen molar-refractivity contribution in [3.63, 3.8) is 0 Å². The molecule has 2 aliphatic heterocycles. The zero-order chi connectivity index (χ0) is 19.4. The third-order valence-electron chi connectivity index (χ3n) is 5.20. The molecule has 2 aliphatic rings. The quantitative estimate of drug-likeness (QED) is 0.602. The number of rotatable bonds is 5. The van der Waals surface area contributed by atoms with E-state index in [4.69, 9.17) is 5.73 Å². The Hall–Kier alpha value is -2.68. The number of hydrogen-bond donors (Lipinski definition) is 1. The topological polar surface area (TPSA) is 113 Å². The van der Waals surface area contributed by atoms with E-state index >= 15 is 0 Å². The normalized spacial score (nSPS) is 18.4. The van der Waals surface area contributed by atoms with Crippen molar-refractivity contribution in [3.05, 3.63) is 33.9 Å². The minimum absolute atomic E-state index is 0.118. The first-order valence-electron chi connectivity index (χ1n) is 9.29. The Kier molecular flexibility index (Phi) is 5.90. The molecule has 2 amide bonds. The molecule has 0 aromatic heterocycles. The third-order valence-corrected chi connectivity index (χ3v) is 5.20. The first kappa shape index (κ1) is 19.1. The molecule has 27 heavy (non-hydrogen) atoms. The van der Waals surface area contributed by atoms with Crippen LogP contribution in [0.5, 0.6) is 0 Å². The van der Waals surface area contributed by atoms with Gasteiger partial charge in [0.15, 0.2) is 0 Å². The monoisotopic (exact) mass is 375 g/mol. The first-order valence-corrected chi connectivity index (χ1v) is 9.29. The largest absolute Gasteiger partial charge is 0.366 e. The van der Waals surface area contributed by atoms with E-state index in [1.807, 2.05) is 9.80 Å². The Balaban J connectivity index is 1.67. The van der Waals surface area contributed by atoms with Gasteiger partial charge in [-0.15, -0.1) is 0 Å². The molecular weight excluding hydrogens is 350 g/mol. The van der Waals surface area contributed by atoms with Crippen molar-refractivity contribution in [1.82, 2.24) is 9.80 Å². The summed E-state index contributed by atoms with van der Waals surface area (Å²) in [6, 6.07) is 4.34. The molecule has 0 radical (unpaired) electrons. The molecule has 2 N–H and O–H groups in total. The van der Waals surface area contributed by atoms with E-state index in [1.165, 1.54) is 12.1 Å². The van der Waals surface area contributed by atoms with Gasteiger partial charge in [-0.05, 0) is 31.4 Å². The van der Waals surface area contributed by atoms with E-state index < -0.39 is 10.8 Å². The summed E-state index contributed by atoms with van der Waals surface area (Å²) in [7, 11) is 0. The molecule has 0 bridgehead atoms. The minimum Gasteiger partial charge on any atom is -0.366 e. The molecule has 0 atom stereocenters. The van der Waals surface area contributed by atoms with Gasteiger partial charge in [0, 0.05) is 50.9 Å². The zero-order valence-corrected chi connectivity index (χ0v) is 15.3. The van der Waals surface area contributed by atoms with Gasteiger partial charge in [0.2, 0.25) is 11.8 Å². The first-order chi connectivity index (χ1) is 13.0. The van der Waals surface area contributed by atoms with Gasteiger partial charge >= 0.3 is 0 Å². The van der Waals surface area contributed by atoms with Gasteiger partial charge in [0.05, 0.1) is 11.5 Å². The second kappa shape index (κ2) is 8.34. The predicted molar refractivity (Wildman–Crippen MR) is 101 cm³/mol. The highest BCUT2D eigenvalue weighted by atomic mass is 16.6. The summed E-state index contributed by atoms with van der Waals surface area (Å²) in [4.78, 5) is 40.6. The number of nitro groups is 1. The summed E-state index contributed by atoms with van der Waals surface area (Å²) in [6.07, 6.45) is 2.96. The molecule has 1 aromatic rings. The van der Waals surface area contributed by atoms with E-state index in [-0.39, 0.29) is 17.2 Å². The Morgan fingerprint density at radius 1 is 1.04 bits per heavy atom. The summed E-state index contributed by atoms with van der Waals surface area (Å²) in [6.45, 7) is 4.78. The lowest BCUT2D eigenvalue weighted by Crippen LogP contribution is -2.40. The zero-order valence-electron chi connectivity index (χ0n) is 15.3. The van der Waals surface area contributed by atoms with Gasteiger partial charge in [-0.2, -0.15) is 0 Å². The van der Waals surface area contributed by atoms with E-state index in [9.17, 15) is 19.7 Å². The second-order valence-corrected chi connectivity index (χ2v) is 7.03. The van der Waals surface area contributed by atoms with Crippen molar-refractivity contribution < 1.29 is 14.5 Å². The van der Waals surface area contributed by atoms with Crippen molar-refractivity contribution in [3.8, 4) is 0 Å². The maximum Gasteiger partial charge on any atom is 0.293 e. The molecule has 146 valence electrons. The van der Waals surface area contributed by atoms with Crippen LogP contribution in [0.25, 0.3) is 0 Å². The van der Waals surface area contributed by atoms with Crippen molar-refractivity contribution in [1.29, 1.82) is 0 Å². The Morgan fingerprint density at radius 2 is 1.78 bits per heavy atom. The summed E-state index contributed by atoms with van der Waals surface area (Å²) in [5.41, 5.74) is 5.72. The predicted octanol–water partition coefficient (Wildman–Crippen LogP) is 0.828. The smallest absolute Gasteiger partial charge is 0.293 e. The number of nitrogens with two attached hydrogens (primary N) is 1. The fourth-order valence-corrected chi connectivity index (χ4v) is 3.72. The third kappa shape index (κ3) is 4.54. The SMILES string of the molecule is NC(=O)c1ccc(N2CCCN(CC(=O)N3CCCC3)CC2)c([N+](=O)[O-])c1. The summed E-state index contributed by atoms with van der Waals surface area (Å²) in [5, 5.41) is 11.4. The van der Waals surface area contributed by atoms with Crippen LogP contribution in [0.15, 0.2) is 18.2 Å². The van der Waals surface area contributed by atoms with Gasteiger partial charge in [0.25, 0.3) is 5.69 Å². The molecule has 1 aromatic carbocycles. The van der Waals surface area contributed by atoms with Crippen LogP contribution in [-0.2, 0) is 4.79 Å². The fourth-order valence-electron chi connectivity index (χ4n) is 3.72. The number of carbonyl (C=O) groups is 2. The lowest BCUT2D eigenvalue weighted by molar-refractivity contribution is -0.384. The van der Waals surface area contributed by atoms with Crippen molar-refractivity contribution >= 4 is 23.2 Å². The van der Waals surface area contributed by atoms with Gasteiger partial charge < -0.3 is 15.5 Å². The van der Waals surface area contributed by atoms with Crippen LogP contribution in [0.1, 0.15) is 29.6 Å². The molecular formula is C18H25N5O4. The standard InChI is InChI=1S/C18H25N5O4/c19-18(25)14-4-5-15(16(12-14)23(26)27)21-9-3-6-20(10-11-21)13-17(24)22-7-1-2-8-22/h4-5,12H,1-3,6-11,13H2,(H2,19,25). The van der Waals surface area contributed by atoms with E-state index in [0.717, 1.165) is 38.9 Å². The lowest BCUT2D eigenvalue weighted by atomic mass is 10.1. The highest BCUT2D eigenvalue weighted by molar-refractivity contribution is 5.94. The number of nitro benzene ring substituents is 1. The van der Waals surface area contributed by atoms with Crippen LogP contribution in [-0.4, -0.2) is 72.4 Å². The van der Waals surface area contributed by atoms with Gasteiger partial charge in [-0.1, -0.05) is 0 Å². The number of carbonyl (C=O) groups excluding carboxylic acids is 2. The number of likely N-dealkylation sites (tertiary alicyclic amines) is 1. The summed E-state index contributed by atoms with van der Waals surface area (Å²) < 4.78 is 0. The number of benzene rings is 1. The molecule has 3 rings (SSSR count). The van der Waals surface area contributed by atoms with Gasteiger partial charge in [0.1, 0.15) is 5.69 Å². The van der Waals surface area contributed by atoms with E-state index in [0.29, 0.717) is 31.9 Å². The second-order valence-electron chi connectivity index (χ2n) is 7.03. The van der Waals surface area contributed by atoms with E-state index in [1.54, 1.807) is 6.07 Å². The Labute approximate surface area is 157 Å². The van der Waals surface area contributed by atoms with Crippen LogP contribution >= 0.6 is 0 Å². The molecule has 9 nitrogen and oxygen atoms in total. The molecule has 9 heteroatoms. The van der Waals surface area contributed by atoms with Crippen LogP contribution in [0.3, 0.4) is 0 Å². The highest BCUT2D eigenvalue weighted by Crippen LogP contribution is 2.30. The van der Waals surface area contributed by atoms with Crippen molar-refractivity contribution in [2.75, 3.05) is 50.7 Å². The highest BCUT2D eigenvalue weighted by Gasteiger charge is 2.25. The average Bonchev–Trinajstić information content (AvgIpc) is 3.09. The fraction of sp³-hybridized carbons (Fsp3) is 0.556. The molecule has 0 unspecified atom stereocenters. The number of anilines is 1. The summed E-state index contributed by atoms with van der Waals surface area (Å²) in [5.74, 6) is -0.523. The maximum atomic E-state index is 12.4. The van der Waals surface area contributed by atoms with Gasteiger partial charge in [-0.25, -0.2) is 0 Å². The number of primary amides is 1. The van der Waals surface area contributed by atoms with Gasteiger partial charge in [-0.3, -0.25) is 24.6 Å². The van der Waals surface area contributed by atoms with Crippen LogP contribution < -0.4 is 10.6 Å². The Bertz CT molecular complexity index is 732. The number of amides is 2. The van der Waals surface area contributed by atoms with E-state index in [2.05, 4.69) is 4.90 Å². The molecule has 0 spiro atoms. The van der Waals surface area contributed by atoms with Crippen LogP contribution in [0.2, 0.25) is 0 Å². The van der Waals surface area contributed by atoms with Crippen LogP contribution in [0.4, 0.5) is 11.4 Å². The molecule has 2 heterocycles. The minimum atomic E-state index is -0.688. The number of hydrogen-bond acceptors (Lipinski definition) is 6.